The molecule has 4 rings (SSSR count). The Labute approximate surface area is 215 Å². The van der Waals surface area contributed by atoms with Crippen molar-refractivity contribution < 1.29 is 19.5 Å². The van der Waals surface area contributed by atoms with Crippen LogP contribution >= 0.6 is 11.6 Å². The summed E-state index contributed by atoms with van der Waals surface area (Å²) in [6, 6.07) is 21.2. The fourth-order valence-electron chi connectivity index (χ4n) is 4.58. The maximum atomic E-state index is 13.6. The lowest BCUT2D eigenvalue weighted by molar-refractivity contribution is -0.135. The molecule has 1 aliphatic heterocycles. The van der Waals surface area contributed by atoms with Crippen LogP contribution in [0.3, 0.4) is 0 Å². The molecule has 0 radical (unpaired) electrons. The highest BCUT2D eigenvalue weighted by atomic mass is 35.5. The Morgan fingerprint density at radius 1 is 1.03 bits per heavy atom. The zero-order valence-corrected chi connectivity index (χ0v) is 20.7. The van der Waals surface area contributed by atoms with E-state index in [9.17, 15) is 14.4 Å². The molecular weight excluding hydrogens is 476 g/mol. The molecule has 3 aromatic carbocycles. The number of benzene rings is 3. The van der Waals surface area contributed by atoms with Crippen LogP contribution < -0.4 is 9.80 Å². The van der Waals surface area contributed by atoms with Crippen LogP contribution in [0.1, 0.15) is 54.2 Å². The molecule has 0 fully saturated rings. The Kier molecular flexibility index (Phi) is 7.42. The largest absolute Gasteiger partial charge is 0.481 e. The van der Waals surface area contributed by atoms with E-state index in [0.717, 1.165) is 16.9 Å². The lowest BCUT2D eigenvalue weighted by atomic mass is 9.89. The summed E-state index contributed by atoms with van der Waals surface area (Å²) < 4.78 is 0. The number of anilines is 2. The van der Waals surface area contributed by atoms with Crippen molar-refractivity contribution in [1.29, 1.82) is 0 Å². The number of carbonyl (C=O) groups excluding carboxylic acids is 2. The number of rotatable bonds is 4. The van der Waals surface area contributed by atoms with Gasteiger partial charge in [-0.2, -0.15) is 0 Å². The van der Waals surface area contributed by atoms with Crippen molar-refractivity contribution in [3.05, 3.63) is 94.5 Å². The summed E-state index contributed by atoms with van der Waals surface area (Å²) in [7, 11) is 0. The standard InChI is InChI=1S/C29H25ClN2O4/c1-19-18-27(32(20(2)33)24-16-14-23(30)15-17-24)25-7-3-4-8-26(25)31(19)29(36)22-12-10-21(11-13-22)6-5-9-28(34)35/h3-4,7-8,10-17,19,27H,9,18H2,1-2H3,(H,34,35)/t19-,27+/m0/s1. The second-order valence-electron chi connectivity index (χ2n) is 8.65. The molecule has 1 heterocycles. The van der Waals surface area contributed by atoms with E-state index >= 15 is 0 Å². The highest BCUT2D eigenvalue weighted by molar-refractivity contribution is 6.30. The van der Waals surface area contributed by atoms with Gasteiger partial charge in [0.25, 0.3) is 5.91 Å². The van der Waals surface area contributed by atoms with Crippen LogP contribution in [0.4, 0.5) is 11.4 Å². The number of hydrogen-bond acceptors (Lipinski definition) is 3. The van der Waals surface area contributed by atoms with Gasteiger partial charge in [-0.05, 0) is 73.5 Å². The molecule has 0 spiro atoms. The third-order valence-electron chi connectivity index (χ3n) is 6.14. The molecule has 2 atom stereocenters. The number of halogens is 1. The monoisotopic (exact) mass is 500 g/mol. The summed E-state index contributed by atoms with van der Waals surface area (Å²) >= 11 is 6.07. The molecule has 0 unspecified atom stereocenters. The first-order chi connectivity index (χ1) is 17.3. The number of para-hydroxylation sites is 1. The highest BCUT2D eigenvalue weighted by Crippen LogP contribution is 2.42. The molecule has 2 amide bonds. The van der Waals surface area contributed by atoms with E-state index in [4.69, 9.17) is 16.7 Å². The lowest BCUT2D eigenvalue weighted by Gasteiger charge is -2.43. The van der Waals surface area contributed by atoms with Crippen molar-refractivity contribution in [1.82, 2.24) is 0 Å². The van der Waals surface area contributed by atoms with Gasteiger partial charge in [0, 0.05) is 40.5 Å². The minimum atomic E-state index is -0.982. The topological polar surface area (TPSA) is 77.9 Å². The van der Waals surface area contributed by atoms with Gasteiger partial charge >= 0.3 is 5.97 Å². The predicted octanol–water partition coefficient (Wildman–Crippen LogP) is 5.70. The van der Waals surface area contributed by atoms with Crippen molar-refractivity contribution in [2.24, 2.45) is 0 Å². The van der Waals surface area contributed by atoms with Crippen molar-refractivity contribution in [3.8, 4) is 11.8 Å². The minimum Gasteiger partial charge on any atom is -0.481 e. The second-order valence-corrected chi connectivity index (χ2v) is 9.09. The summed E-state index contributed by atoms with van der Waals surface area (Å²) in [5.74, 6) is 4.15. The molecule has 36 heavy (non-hydrogen) atoms. The number of fused-ring (bicyclic) bond motifs is 1. The van der Waals surface area contributed by atoms with Gasteiger partial charge in [0.15, 0.2) is 0 Å². The zero-order chi connectivity index (χ0) is 25.8. The number of carboxylic acids is 1. The van der Waals surface area contributed by atoms with Crippen LogP contribution in [0.15, 0.2) is 72.8 Å². The molecule has 0 aromatic heterocycles. The van der Waals surface area contributed by atoms with Gasteiger partial charge in [-0.3, -0.25) is 14.4 Å². The van der Waals surface area contributed by atoms with Gasteiger partial charge in [-0.15, -0.1) is 0 Å². The molecule has 182 valence electrons. The molecule has 1 aliphatic rings. The van der Waals surface area contributed by atoms with E-state index in [1.54, 1.807) is 53.1 Å². The van der Waals surface area contributed by atoms with Gasteiger partial charge < -0.3 is 14.9 Å². The molecular formula is C29H25ClN2O4. The Morgan fingerprint density at radius 3 is 2.33 bits per heavy atom. The van der Waals surface area contributed by atoms with E-state index in [1.807, 2.05) is 43.3 Å². The third-order valence-corrected chi connectivity index (χ3v) is 6.39. The molecule has 0 saturated heterocycles. The van der Waals surface area contributed by atoms with E-state index in [-0.39, 0.29) is 30.3 Å². The van der Waals surface area contributed by atoms with Crippen LogP contribution in [0.5, 0.6) is 0 Å². The fraction of sp³-hybridized carbons (Fsp3) is 0.207. The molecule has 0 bridgehead atoms. The fourth-order valence-corrected chi connectivity index (χ4v) is 4.70. The van der Waals surface area contributed by atoms with E-state index < -0.39 is 5.97 Å². The average Bonchev–Trinajstić information content (AvgIpc) is 2.85. The van der Waals surface area contributed by atoms with Crippen LogP contribution in [0.25, 0.3) is 0 Å². The Morgan fingerprint density at radius 2 is 1.69 bits per heavy atom. The molecule has 0 saturated carbocycles. The van der Waals surface area contributed by atoms with Crippen LogP contribution in [0.2, 0.25) is 5.02 Å². The van der Waals surface area contributed by atoms with Gasteiger partial charge in [0.2, 0.25) is 5.91 Å². The summed E-state index contributed by atoms with van der Waals surface area (Å²) in [5.41, 5.74) is 3.54. The van der Waals surface area contributed by atoms with E-state index in [0.29, 0.717) is 22.6 Å². The van der Waals surface area contributed by atoms with Crippen molar-refractivity contribution >= 4 is 40.8 Å². The van der Waals surface area contributed by atoms with Crippen LogP contribution in [-0.4, -0.2) is 28.9 Å². The van der Waals surface area contributed by atoms with Crippen molar-refractivity contribution in [3.63, 3.8) is 0 Å². The third kappa shape index (κ3) is 5.27. The molecule has 0 aliphatic carbocycles. The maximum Gasteiger partial charge on any atom is 0.315 e. The Balaban J connectivity index is 1.67. The smallest absolute Gasteiger partial charge is 0.315 e. The lowest BCUT2D eigenvalue weighted by Crippen LogP contribution is -2.47. The number of nitrogens with zero attached hydrogens (tertiary/aromatic N) is 2. The van der Waals surface area contributed by atoms with Gasteiger partial charge in [-0.1, -0.05) is 41.6 Å². The first-order valence-electron chi connectivity index (χ1n) is 11.5. The van der Waals surface area contributed by atoms with Crippen molar-refractivity contribution in [2.75, 3.05) is 9.80 Å². The molecule has 3 aromatic rings. The summed E-state index contributed by atoms with van der Waals surface area (Å²) in [4.78, 5) is 40.6. The van der Waals surface area contributed by atoms with Gasteiger partial charge in [0.1, 0.15) is 6.42 Å². The highest BCUT2D eigenvalue weighted by Gasteiger charge is 2.38. The summed E-state index contributed by atoms with van der Waals surface area (Å²) in [6.45, 7) is 3.52. The number of aliphatic carboxylic acids is 1. The van der Waals surface area contributed by atoms with Crippen LogP contribution in [-0.2, 0) is 9.59 Å². The summed E-state index contributed by atoms with van der Waals surface area (Å²) in [5, 5.41) is 9.33. The van der Waals surface area contributed by atoms with Gasteiger partial charge in [-0.25, -0.2) is 0 Å². The number of carboxylic acid groups (broad SMARTS) is 1. The normalized spacial score (nSPS) is 16.4. The number of hydrogen-bond donors (Lipinski definition) is 1. The first-order valence-corrected chi connectivity index (χ1v) is 11.9. The van der Waals surface area contributed by atoms with E-state index in [2.05, 4.69) is 11.8 Å². The first kappa shape index (κ1) is 25.0. The minimum absolute atomic E-state index is 0.0938. The second kappa shape index (κ2) is 10.7. The Hall–Kier alpha value is -4.08. The molecule has 6 nitrogen and oxygen atoms in total. The zero-order valence-electron chi connectivity index (χ0n) is 19.9. The van der Waals surface area contributed by atoms with Crippen molar-refractivity contribution in [2.45, 2.75) is 38.8 Å². The predicted molar refractivity (Wildman–Crippen MR) is 140 cm³/mol. The quantitative estimate of drug-likeness (QED) is 0.466. The number of amides is 2. The Bertz CT molecular complexity index is 1360. The SMILES string of the molecule is CC(=O)N(c1ccc(Cl)cc1)[C@@H]1C[C@H](C)N(C(=O)c2ccc(C#CCC(=O)O)cc2)c2ccccc21. The maximum absolute atomic E-state index is 13.6. The number of carbonyl (C=O) groups is 3. The molecule has 1 N–H and O–H groups in total. The van der Waals surface area contributed by atoms with Crippen LogP contribution in [0, 0.1) is 11.8 Å². The molecule has 7 heteroatoms. The summed E-state index contributed by atoms with van der Waals surface area (Å²) in [6.07, 6.45) is 0.320. The van der Waals surface area contributed by atoms with E-state index in [1.165, 1.54) is 0 Å². The van der Waals surface area contributed by atoms with Gasteiger partial charge in [0.05, 0.1) is 6.04 Å². The average molecular weight is 501 g/mol.